The Bertz CT molecular complexity index is 786. The number of hydrogen-bond acceptors (Lipinski definition) is 5. The van der Waals surface area contributed by atoms with Crippen LogP contribution in [0, 0.1) is 0 Å². The van der Waals surface area contributed by atoms with Crippen LogP contribution < -0.4 is 19.6 Å². The number of methoxy groups -OCH3 is 1. The molecule has 124 valence electrons. The Balaban J connectivity index is 1.65. The minimum absolute atomic E-state index is 0.177. The highest BCUT2D eigenvalue weighted by atomic mass is 16.7. The Morgan fingerprint density at radius 1 is 1.21 bits per heavy atom. The monoisotopic (exact) mass is 326 g/mol. The molecule has 6 nitrogen and oxygen atoms in total. The van der Waals surface area contributed by atoms with E-state index < -0.39 is 0 Å². The standard InChI is InChI=1S/C18H18N2O4/c1-12(9-13-5-3-4-6-15(13)22-2)19-20-18(21)14-7-8-16-17(10-14)24-11-23-16/h3-8,10H,9,11H2,1-2H3,(H,20,21)/b19-12-. The third-order valence-electron chi connectivity index (χ3n) is 3.62. The summed E-state index contributed by atoms with van der Waals surface area (Å²) in [4.78, 5) is 12.2. The van der Waals surface area contributed by atoms with Crippen molar-refractivity contribution in [1.82, 2.24) is 5.43 Å². The summed E-state index contributed by atoms with van der Waals surface area (Å²) >= 11 is 0. The number of para-hydroxylation sites is 1. The van der Waals surface area contributed by atoms with E-state index in [4.69, 9.17) is 14.2 Å². The molecule has 0 aliphatic carbocycles. The van der Waals surface area contributed by atoms with Crippen molar-refractivity contribution in [3.05, 3.63) is 53.6 Å². The predicted molar refractivity (Wildman–Crippen MR) is 89.8 cm³/mol. The van der Waals surface area contributed by atoms with Crippen LogP contribution in [0.1, 0.15) is 22.8 Å². The number of benzene rings is 2. The molecule has 2 aromatic carbocycles. The van der Waals surface area contributed by atoms with Gasteiger partial charge in [-0.3, -0.25) is 4.79 Å². The fourth-order valence-electron chi connectivity index (χ4n) is 2.41. The van der Waals surface area contributed by atoms with E-state index in [1.807, 2.05) is 31.2 Å². The molecule has 6 heteroatoms. The van der Waals surface area contributed by atoms with E-state index in [2.05, 4.69) is 10.5 Å². The Morgan fingerprint density at radius 2 is 2.00 bits per heavy atom. The maximum Gasteiger partial charge on any atom is 0.271 e. The normalized spacial score (nSPS) is 12.8. The summed E-state index contributed by atoms with van der Waals surface area (Å²) in [6.45, 7) is 2.03. The van der Waals surface area contributed by atoms with E-state index >= 15 is 0 Å². The molecule has 0 saturated heterocycles. The fourth-order valence-corrected chi connectivity index (χ4v) is 2.41. The number of nitrogens with one attached hydrogen (secondary N) is 1. The molecule has 3 rings (SSSR count). The van der Waals surface area contributed by atoms with Gasteiger partial charge in [-0.05, 0) is 36.8 Å². The largest absolute Gasteiger partial charge is 0.496 e. The van der Waals surface area contributed by atoms with Crippen molar-refractivity contribution in [2.24, 2.45) is 5.10 Å². The van der Waals surface area contributed by atoms with E-state index in [9.17, 15) is 4.79 Å². The van der Waals surface area contributed by atoms with Crippen LogP contribution >= 0.6 is 0 Å². The lowest BCUT2D eigenvalue weighted by Crippen LogP contribution is -2.19. The van der Waals surface area contributed by atoms with Crippen LogP contribution in [0.25, 0.3) is 0 Å². The molecule has 1 heterocycles. The van der Waals surface area contributed by atoms with Crippen LogP contribution in [0.4, 0.5) is 0 Å². The van der Waals surface area contributed by atoms with Gasteiger partial charge < -0.3 is 14.2 Å². The van der Waals surface area contributed by atoms with Gasteiger partial charge >= 0.3 is 0 Å². The van der Waals surface area contributed by atoms with Gasteiger partial charge in [0.25, 0.3) is 5.91 Å². The average molecular weight is 326 g/mol. The van der Waals surface area contributed by atoms with Crippen LogP contribution in [0.5, 0.6) is 17.2 Å². The Kier molecular flexibility index (Phi) is 4.65. The van der Waals surface area contributed by atoms with Crippen molar-refractivity contribution in [2.45, 2.75) is 13.3 Å². The number of hydrogen-bond donors (Lipinski definition) is 1. The minimum Gasteiger partial charge on any atom is -0.496 e. The van der Waals surface area contributed by atoms with Gasteiger partial charge in [-0.2, -0.15) is 5.10 Å². The number of hydrazone groups is 1. The van der Waals surface area contributed by atoms with Crippen molar-refractivity contribution >= 4 is 11.6 Å². The molecule has 0 bridgehead atoms. The second-order valence-electron chi connectivity index (χ2n) is 5.34. The van der Waals surface area contributed by atoms with Gasteiger partial charge in [0.05, 0.1) is 7.11 Å². The Hall–Kier alpha value is -3.02. The molecule has 0 aromatic heterocycles. The first-order valence-corrected chi connectivity index (χ1v) is 7.52. The number of amides is 1. The number of rotatable bonds is 5. The fraction of sp³-hybridized carbons (Fsp3) is 0.222. The number of carbonyl (C=O) groups is 1. The van der Waals surface area contributed by atoms with Gasteiger partial charge in [0.15, 0.2) is 11.5 Å². The lowest BCUT2D eigenvalue weighted by Gasteiger charge is -2.08. The summed E-state index contributed by atoms with van der Waals surface area (Å²) in [5.41, 5.74) is 4.81. The second-order valence-corrected chi connectivity index (χ2v) is 5.34. The van der Waals surface area contributed by atoms with Crippen LogP contribution in [0.2, 0.25) is 0 Å². The summed E-state index contributed by atoms with van der Waals surface area (Å²) in [5.74, 6) is 1.71. The summed E-state index contributed by atoms with van der Waals surface area (Å²) in [7, 11) is 1.63. The van der Waals surface area contributed by atoms with E-state index in [0.717, 1.165) is 17.0 Å². The zero-order chi connectivity index (χ0) is 16.9. The highest BCUT2D eigenvalue weighted by Crippen LogP contribution is 2.32. The zero-order valence-electron chi connectivity index (χ0n) is 13.5. The predicted octanol–water partition coefficient (Wildman–Crippen LogP) is 2.77. The molecule has 1 N–H and O–H groups in total. The molecular formula is C18H18N2O4. The molecule has 0 saturated carbocycles. The smallest absolute Gasteiger partial charge is 0.271 e. The quantitative estimate of drug-likeness (QED) is 0.677. The number of fused-ring (bicyclic) bond motifs is 1. The molecular weight excluding hydrogens is 308 g/mol. The van der Waals surface area contributed by atoms with Gasteiger partial charge in [-0.25, -0.2) is 5.43 Å². The van der Waals surface area contributed by atoms with E-state index in [0.29, 0.717) is 23.5 Å². The summed E-state index contributed by atoms with van der Waals surface area (Å²) in [6, 6.07) is 12.7. The van der Waals surface area contributed by atoms with Crippen molar-refractivity contribution in [1.29, 1.82) is 0 Å². The first-order valence-electron chi connectivity index (χ1n) is 7.52. The van der Waals surface area contributed by atoms with E-state index in [-0.39, 0.29) is 12.7 Å². The van der Waals surface area contributed by atoms with Gasteiger partial charge in [-0.15, -0.1) is 0 Å². The minimum atomic E-state index is -0.298. The first kappa shape index (κ1) is 15.9. The summed E-state index contributed by atoms with van der Waals surface area (Å²) in [5, 5.41) is 4.15. The van der Waals surface area contributed by atoms with Crippen molar-refractivity contribution in [3.8, 4) is 17.2 Å². The molecule has 1 amide bonds. The van der Waals surface area contributed by atoms with E-state index in [1.54, 1.807) is 25.3 Å². The van der Waals surface area contributed by atoms with Crippen molar-refractivity contribution in [3.63, 3.8) is 0 Å². The summed E-state index contributed by atoms with van der Waals surface area (Å²) < 4.78 is 15.8. The van der Waals surface area contributed by atoms with E-state index in [1.165, 1.54) is 0 Å². The first-order chi connectivity index (χ1) is 11.7. The van der Waals surface area contributed by atoms with Crippen LogP contribution in [-0.4, -0.2) is 25.5 Å². The molecule has 24 heavy (non-hydrogen) atoms. The topological polar surface area (TPSA) is 69.2 Å². The lowest BCUT2D eigenvalue weighted by molar-refractivity contribution is 0.0954. The van der Waals surface area contributed by atoms with Crippen LogP contribution in [0.15, 0.2) is 47.6 Å². The Labute approximate surface area is 140 Å². The maximum absolute atomic E-state index is 12.2. The van der Waals surface area contributed by atoms with Gasteiger partial charge in [-0.1, -0.05) is 18.2 Å². The molecule has 0 fully saturated rings. The van der Waals surface area contributed by atoms with Gasteiger partial charge in [0.1, 0.15) is 5.75 Å². The van der Waals surface area contributed by atoms with Crippen molar-refractivity contribution < 1.29 is 19.0 Å². The highest BCUT2D eigenvalue weighted by Gasteiger charge is 2.16. The Morgan fingerprint density at radius 3 is 2.83 bits per heavy atom. The molecule has 2 aromatic rings. The molecule has 1 aliphatic heterocycles. The van der Waals surface area contributed by atoms with Crippen LogP contribution in [-0.2, 0) is 6.42 Å². The molecule has 1 aliphatic rings. The van der Waals surface area contributed by atoms with Crippen LogP contribution in [0.3, 0.4) is 0 Å². The van der Waals surface area contributed by atoms with Gasteiger partial charge in [0.2, 0.25) is 6.79 Å². The third kappa shape index (κ3) is 3.48. The second kappa shape index (κ2) is 7.04. The number of ether oxygens (including phenoxy) is 3. The molecule has 0 atom stereocenters. The molecule has 0 spiro atoms. The number of carbonyl (C=O) groups excluding carboxylic acids is 1. The zero-order valence-corrected chi connectivity index (χ0v) is 13.5. The lowest BCUT2D eigenvalue weighted by atomic mass is 10.1. The number of nitrogens with zero attached hydrogens (tertiary/aromatic N) is 1. The SMILES string of the molecule is COc1ccccc1C/C(C)=N\NC(=O)c1ccc2c(c1)OCO2. The highest BCUT2D eigenvalue weighted by molar-refractivity contribution is 5.96. The van der Waals surface area contributed by atoms with Gasteiger partial charge in [0, 0.05) is 17.7 Å². The average Bonchev–Trinajstić information content (AvgIpc) is 3.07. The molecule has 0 radical (unpaired) electrons. The summed E-state index contributed by atoms with van der Waals surface area (Å²) in [6.07, 6.45) is 0.589. The maximum atomic E-state index is 12.2. The molecule has 0 unspecified atom stereocenters. The third-order valence-corrected chi connectivity index (χ3v) is 3.62. The van der Waals surface area contributed by atoms with Crippen molar-refractivity contribution in [2.75, 3.05) is 13.9 Å².